The molecule has 0 amide bonds. The Morgan fingerprint density at radius 3 is 1.93 bits per heavy atom. The van der Waals surface area contributed by atoms with Crippen molar-refractivity contribution in [3.05, 3.63) is 23.4 Å². The SMILES string of the molecule is Nc1[nH+]cc(C(F)(F)F)cc1C(F)(F)F. The van der Waals surface area contributed by atoms with Gasteiger partial charge in [-0.1, -0.05) is 0 Å². The third kappa shape index (κ3) is 2.51. The number of hydrogen-bond acceptors (Lipinski definition) is 1. The first-order chi connectivity index (χ1) is 6.62. The first kappa shape index (κ1) is 11.6. The lowest BCUT2D eigenvalue weighted by molar-refractivity contribution is -0.366. The van der Waals surface area contributed by atoms with Gasteiger partial charge in [-0.25, -0.2) is 4.98 Å². The predicted molar refractivity (Wildman–Crippen MR) is 37.4 cm³/mol. The summed E-state index contributed by atoms with van der Waals surface area (Å²) in [6.45, 7) is 0. The Bertz CT molecular complexity index is 367. The van der Waals surface area contributed by atoms with E-state index in [-0.39, 0.29) is 6.07 Å². The van der Waals surface area contributed by atoms with E-state index in [1.54, 1.807) is 4.98 Å². The van der Waals surface area contributed by atoms with Gasteiger partial charge in [0.15, 0.2) is 0 Å². The number of aromatic amines is 1. The zero-order chi connectivity index (χ0) is 11.9. The summed E-state index contributed by atoms with van der Waals surface area (Å²) in [6, 6.07) is -0.0359. The van der Waals surface area contributed by atoms with E-state index < -0.39 is 29.3 Å². The Morgan fingerprint density at radius 1 is 1.00 bits per heavy atom. The molecule has 0 aliphatic carbocycles. The number of rotatable bonds is 0. The van der Waals surface area contributed by atoms with Gasteiger partial charge in [-0.05, 0) is 6.07 Å². The Labute approximate surface area is 79.7 Å². The minimum absolute atomic E-state index is 0.0359. The summed E-state index contributed by atoms with van der Waals surface area (Å²) in [5.74, 6) is -0.851. The molecule has 0 aromatic carbocycles. The van der Waals surface area contributed by atoms with Gasteiger partial charge in [-0.3, -0.25) is 5.73 Å². The standard InChI is InChI=1S/C7H4F6N2/c8-6(9,10)3-1-4(7(11,12)13)5(14)15-2-3/h1-2H,(H2,14,15)/p+1. The van der Waals surface area contributed by atoms with Crippen molar-refractivity contribution in [2.45, 2.75) is 12.4 Å². The fourth-order valence-electron chi connectivity index (χ4n) is 0.906. The van der Waals surface area contributed by atoms with Crippen LogP contribution in [0.2, 0.25) is 0 Å². The van der Waals surface area contributed by atoms with Crippen LogP contribution in [0.1, 0.15) is 11.1 Å². The van der Waals surface area contributed by atoms with Gasteiger partial charge in [0, 0.05) is 0 Å². The third-order valence-electron chi connectivity index (χ3n) is 1.61. The molecule has 1 heterocycles. The van der Waals surface area contributed by atoms with E-state index in [4.69, 9.17) is 5.73 Å². The van der Waals surface area contributed by atoms with Gasteiger partial charge in [0.25, 0.3) is 5.82 Å². The summed E-state index contributed by atoms with van der Waals surface area (Å²) in [6.07, 6.45) is -9.38. The van der Waals surface area contributed by atoms with Gasteiger partial charge >= 0.3 is 12.4 Å². The number of nitrogens with two attached hydrogens (primary N) is 1. The zero-order valence-electron chi connectivity index (χ0n) is 7.00. The topological polar surface area (TPSA) is 40.2 Å². The molecule has 0 bridgehead atoms. The number of H-pyrrole nitrogens is 1. The van der Waals surface area contributed by atoms with Crippen molar-refractivity contribution in [3.8, 4) is 0 Å². The summed E-state index contributed by atoms with van der Waals surface area (Å²) in [5, 5.41) is 0. The lowest BCUT2D eigenvalue weighted by Gasteiger charge is -2.09. The third-order valence-corrected chi connectivity index (χ3v) is 1.61. The number of pyridine rings is 1. The van der Waals surface area contributed by atoms with Crippen LogP contribution >= 0.6 is 0 Å². The molecule has 0 radical (unpaired) electrons. The number of alkyl halides is 6. The molecule has 8 heteroatoms. The number of hydrogen-bond donors (Lipinski definition) is 1. The van der Waals surface area contributed by atoms with E-state index in [0.29, 0.717) is 6.20 Å². The molecule has 0 saturated heterocycles. The highest BCUT2D eigenvalue weighted by molar-refractivity contribution is 5.38. The van der Waals surface area contributed by atoms with Crippen LogP contribution in [0.15, 0.2) is 12.3 Å². The van der Waals surface area contributed by atoms with Crippen molar-refractivity contribution in [2.24, 2.45) is 0 Å². The Hall–Kier alpha value is -1.47. The second-order valence-electron chi connectivity index (χ2n) is 2.71. The summed E-state index contributed by atoms with van der Waals surface area (Å²) in [4.78, 5) is 1.72. The minimum atomic E-state index is -4.91. The highest BCUT2D eigenvalue weighted by atomic mass is 19.4. The number of halogens is 6. The molecular weight excluding hydrogens is 226 g/mol. The molecule has 0 unspecified atom stereocenters. The molecule has 1 rings (SSSR count). The smallest absolute Gasteiger partial charge is 0.287 e. The molecule has 15 heavy (non-hydrogen) atoms. The molecule has 0 saturated carbocycles. The van der Waals surface area contributed by atoms with Crippen molar-refractivity contribution in [1.29, 1.82) is 0 Å². The largest absolute Gasteiger partial charge is 0.424 e. The van der Waals surface area contributed by atoms with Gasteiger partial charge in [0.2, 0.25) is 0 Å². The molecule has 84 valence electrons. The number of aromatic nitrogens is 1. The van der Waals surface area contributed by atoms with E-state index in [9.17, 15) is 26.3 Å². The minimum Gasteiger partial charge on any atom is -0.287 e. The van der Waals surface area contributed by atoms with E-state index >= 15 is 0 Å². The molecule has 2 nitrogen and oxygen atoms in total. The van der Waals surface area contributed by atoms with Crippen LogP contribution in [0.25, 0.3) is 0 Å². The van der Waals surface area contributed by atoms with Crippen molar-refractivity contribution in [2.75, 3.05) is 5.73 Å². The summed E-state index contributed by atoms with van der Waals surface area (Å²) in [7, 11) is 0. The van der Waals surface area contributed by atoms with E-state index in [1.807, 2.05) is 0 Å². The van der Waals surface area contributed by atoms with Crippen LogP contribution in [-0.4, -0.2) is 0 Å². The maximum Gasteiger partial charge on any atom is 0.424 e. The van der Waals surface area contributed by atoms with E-state index in [0.717, 1.165) is 0 Å². The van der Waals surface area contributed by atoms with Gasteiger partial charge in [0.05, 0.1) is 5.56 Å². The maximum atomic E-state index is 12.1. The summed E-state index contributed by atoms with van der Waals surface area (Å²) in [5.41, 5.74) is 1.92. The molecule has 0 aliphatic heterocycles. The average molecular weight is 231 g/mol. The summed E-state index contributed by atoms with van der Waals surface area (Å²) >= 11 is 0. The molecule has 0 atom stereocenters. The lowest BCUT2D eigenvalue weighted by atomic mass is 10.2. The van der Waals surface area contributed by atoms with Gasteiger partial charge in [-0.2, -0.15) is 26.3 Å². The predicted octanol–water partition coefficient (Wildman–Crippen LogP) is 2.12. The number of anilines is 1. The van der Waals surface area contributed by atoms with Gasteiger partial charge in [-0.15, -0.1) is 0 Å². The Kier molecular flexibility index (Phi) is 2.54. The average Bonchev–Trinajstić information content (AvgIpc) is 2.00. The van der Waals surface area contributed by atoms with E-state index in [2.05, 4.69) is 0 Å². The second kappa shape index (κ2) is 3.28. The van der Waals surface area contributed by atoms with Crippen LogP contribution in [0.3, 0.4) is 0 Å². The van der Waals surface area contributed by atoms with Crippen molar-refractivity contribution < 1.29 is 31.3 Å². The molecular formula is C7H5F6N2+. The number of nitrogen functional groups attached to an aromatic ring is 1. The van der Waals surface area contributed by atoms with Crippen LogP contribution in [0.5, 0.6) is 0 Å². The zero-order valence-corrected chi connectivity index (χ0v) is 7.00. The highest BCUT2D eigenvalue weighted by Crippen LogP contribution is 2.35. The summed E-state index contributed by atoms with van der Waals surface area (Å²) < 4.78 is 72.6. The monoisotopic (exact) mass is 231 g/mol. The van der Waals surface area contributed by atoms with Crippen LogP contribution in [-0.2, 0) is 12.4 Å². The Balaban J connectivity index is 3.30. The van der Waals surface area contributed by atoms with Crippen LogP contribution in [0, 0.1) is 0 Å². The highest BCUT2D eigenvalue weighted by Gasteiger charge is 2.40. The molecule has 0 aliphatic rings. The van der Waals surface area contributed by atoms with Gasteiger partial charge in [0.1, 0.15) is 11.8 Å². The molecule has 0 fully saturated rings. The van der Waals surface area contributed by atoms with Crippen molar-refractivity contribution in [3.63, 3.8) is 0 Å². The Morgan fingerprint density at radius 2 is 1.53 bits per heavy atom. The first-order valence-electron chi connectivity index (χ1n) is 3.58. The molecule has 1 aromatic heterocycles. The van der Waals surface area contributed by atoms with Crippen molar-refractivity contribution in [1.82, 2.24) is 0 Å². The van der Waals surface area contributed by atoms with Crippen LogP contribution in [0.4, 0.5) is 32.2 Å². The normalized spacial score (nSPS) is 12.9. The number of nitrogens with one attached hydrogen (secondary N) is 1. The van der Waals surface area contributed by atoms with Crippen molar-refractivity contribution >= 4 is 5.82 Å². The molecule has 0 spiro atoms. The van der Waals surface area contributed by atoms with Gasteiger partial charge < -0.3 is 0 Å². The maximum absolute atomic E-state index is 12.1. The van der Waals surface area contributed by atoms with E-state index in [1.165, 1.54) is 0 Å². The fourth-order valence-corrected chi connectivity index (χ4v) is 0.906. The molecule has 1 aromatic rings. The lowest BCUT2D eigenvalue weighted by Crippen LogP contribution is -2.22. The quantitative estimate of drug-likeness (QED) is 0.682. The molecule has 3 N–H and O–H groups in total. The second-order valence-corrected chi connectivity index (χ2v) is 2.71. The fraction of sp³-hybridized carbons (Fsp3) is 0.286. The van der Waals surface area contributed by atoms with Crippen LogP contribution < -0.4 is 10.7 Å². The first-order valence-corrected chi connectivity index (χ1v) is 3.58.